The Morgan fingerprint density at radius 2 is 2.14 bits per heavy atom. The Kier molecular flexibility index (Phi) is 2.26. The van der Waals surface area contributed by atoms with Crippen LogP contribution >= 0.6 is 0 Å². The fourth-order valence-electron chi connectivity index (χ4n) is 1.23. The van der Waals surface area contributed by atoms with Gasteiger partial charge in [-0.2, -0.15) is 0 Å². The molecule has 72 valence electrons. The van der Waals surface area contributed by atoms with Gasteiger partial charge in [-0.05, 0) is 6.07 Å². The Labute approximate surface area is 79.8 Å². The minimum atomic E-state index is -0.558. The summed E-state index contributed by atoms with van der Waals surface area (Å²) in [6.45, 7) is 0.367. The van der Waals surface area contributed by atoms with Crippen molar-refractivity contribution in [2.45, 2.75) is 6.54 Å². The number of halogens is 2. The normalized spacial score (nSPS) is 10.4. The Morgan fingerprint density at radius 3 is 2.79 bits per heavy atom. The van der Waals surface area contributed by atoms with E-state index in [0.29, 0.717) is 12.1 Å². The minimum absolute atomic E-state index is 0.367. The number of hydrogen-bond acceptors (Lipinski definition) is 1. The van der Waals surface area contributed by atoms with Crippen LogP contribution in [0.4, 0.5) is 8.78 Å². The van der Waals surface area contributed by atoms with Crippen LogP contribution in [0.15, 0.2) is 36.9 Å². The molecular formula is C10H8F2N2. The second-order valence-electron chi connectivity index (χ2n) is 2.97. The molecular weight excluding hydrogens is 186 g/mol. The van der Waals surface area contributed by atoms with Gasteiger partial charge in [0.25, 0.3) is 0 Å². The molecule has 1 aromatic heterocycles. The minimum Gasteiger partial charge on any atom is -0.333 e. The molecule has 14 heavy (non-hydrogen) atoms. The first-order valence-corrected chi connectivity index (χ1v) is 4.15. The maximum atomic E-state index is 13.2. The van der Waals surface area contributed by atoms with Crippen molar-refractivity contribution >= 4 is 0 Å². The molecule has 0 atom stereocenters. The molecule has 0 aliphatic carbocycles. The average molecular weight is 194 g/mol. The maximum Gasteiger partial charge on any atom is 0.131 e. The van der Waals surface area contributed by atoms with E-state index in [0.717, 1.165) is 6.07 Å². The van der Waals surface area contributed by atoms with Crippen molar-refractivity contribution in [1.29, 1.82) is 0 Å². The Balaban J connectivity index is 2.25. The fourth-order valence-corrected chi connectivity index (χ4v) is 1.23. The van der Waals surface area contributed by atoms with Gasteiger partial charge in [0, 0.05) is 24.0 Å². The topological polar surface area (TPSA) is 17.8 Å². The van der Waals surface area contributed by atoms with Gasteiger partial charge < -0.3 is 4.57 Å². The van der Waals surface area contributed by atoms with Crippen molar-refractivity contribution in [1.82, 2.24) is 9.55 Å². The van der Waals surface area contributed by atoms with Crippen molar-refractivity contribution in [3.05, 3.63) is 54.1 Å². The summed E-state index contributed by atoms with van der Waals surface area (Å²) in [5.74, 6) is -1.09. The smallest absolute Gasteiger partial charge is 0.131 e. The molecule has 0 unspecified atom stereocenters. The molecule has 4 heteroatoms. The zero-order chi connectivity index (χ0) is 9.97. The van der Waals surface area contributed by atoms with Crippen LogP contribution in [0.2, 0.25) is 0 Å². The lowest BCUT2D eigenvalue weighted by molar-refractivity contribution is 0.566. The van der Waals surface area contributed by atoms with Gasteiger partial charge >= 0.3 is 0 Å². The van der Waals surface area contributed by atoms with E-state index in [4.69, 9.17) is 0 Å². The molecule has 0 saturated heterocycles. The van der Waals surface area contributed by atoms with Crippen LogP contribution in [0.1, 0.15) is 5.56 Å². The highest BCUT2D eigenvalue weighted by atomic mass is 19.1. The van der Waals surface area contributed by atoms with Crippen molar-refractivity contribution in [2.75, 3.05) is 0 Å². The van der Waals surface area contributed by atoms with Gasteiger partial charge in [-0.15, -0.1) is 0 Å². The molecule has 0 bridgehead atoms. The van der Waals surface area contributed by atoms with Crippen LogP contribution in [0.25, 0.3) is 0 Å². The zero-order valence-electron chi connectivity index (χ0n) is 7.32. The molecule has 0 radical (unpaired) electrons. The van der Waals surface area contributed by atoms with Crippen LogP contribution < -0.4 is 0 Å². The second kappa shape index (κ2) is 3.57. The molecule has 2 aromatic rings. The van der Waals surface area contributed by atoms with E-state index in [2.05, 4.69) is 4.98 Å². The monoisotopic (exact) mass is 194 g/mol. The summed E-state index contributed by atoms with van der Waals surface area (Å²) in [6, 6.07) is 3.56. The summed E-state index contributed by atoms with van der Waals surface area (Å²) < 4.78 is 27.5. The molecule has 0 fully saturated rings. The Bertz CT molecular complexity index is 424. The molecule has 0 aliphatic rings. The van der Waals surface area contributed by atoms with E-state index >= 15 is 0 Å². The average Bonchev–Trinajstić information content (AvgIpc) is 2.62. The van der Waals surface area contributed by atoms with Crippen molar-refractivity contribution in [2.24, 2.45) is 0 Å². The summed E-state index contributed by atoms with van der Waals surface area (Å²) in [5, 5.41) is 0. The first-order chi connectivity index (χ1) is 6.75. The lowest BCUT2D eigenvalue weighted by Crippen LogP contribution is -1.99. The molecule has 1 aromatic carbocycles. The third-order valence-electron chi connectivity index (χ3n) is 1.93. The Hall–Kier alpha value is -1.71. The van der Waals surface area contributed by atoms with Gasteiger partial charge in [-0.1, -0.05) is 6.07 Å². The van der Waals surface area contributed by atoms with Gasteiger partial charge in [0.1, 0.15) is 11.6 Å². The summed E-state index contributed by atoms with van der Waals surface area (Å²) >= 11 is 0. The summed E-state index contributed by atoms with van der Waals surface area (Å²) in [4.78, 5) is 3.83. The van der Waals surface area contributed by atoms with E-state index < -0.39 is 11.6 Å². The quantitative estimate of drug-likeness (QED) is 0.716. The first kappa shape index (κ1) is 8.87. The molecule has 0 N–H and O–H groups in total. The summed E-state index contributed by atoms with van der Waals surface area (Å²) in [6.07, 6.45) is 4.92. The number of rotatable bonds is 2. The number of hydrogen-bond donors (Lipinski definition) is 0. The van der Waals surface area contributed by atoms with Crippen molar-refractivity contribution in [3.63, 3.8) is 0 Å². The standard InChI is InChI=1S/C10H8F2N2/c11-9-2-1-8(10(12)5-9)6-14-4-3-13-7-14/h1-5,7H,6H2. The SMILES string of the molecule is Fc1ccc(Cn2ccnc2)c(F)c1. The highest BCUT2D eigenvalue weighted by Crippen LogP contribution is 2.10. The fraction of sp³-hybridized carbons (Fsp3) is 0.100. The summed E-state index contributed by atoms with van der Waals surface area (Å²) in [7, 11) is 0. The lowest BCUT2D eigenvalue weighted by Gasteiger charge is -2.03. The molecule has 0 aliphatic heterocycles. The first-order valence-electron chi connectivity index (χ1n) is 4.15. The van der Waals surface area contributed by atoms with Crippen LogP contribution in [0.3, 0.4) is 0 Å². The molecule has 1 heterocycles. The predicted molar refractivity (Wildman–Crippen MR) is 47.7 cm³/mol. The van der Waals surface area contributed by atoms with Crippen molar-refractivity contribution < 1.29 is 8.78 Å². The number of benzene rings is 1. The number of nitrogens with zero attached hydrogens (tertiary/aromatic N) is 2. The van der Waals surface area contributed by atoms with Crippen LogP contribution in [-0.4, -0.2) is 9.55 Å². The Morgan fingerprint density at radius 1 is 1.29 bits per heavy atom. The van der Waals surface area contributed by atoms with Gasteiger partial charge in [0.2, 0.25) is 0 Å². The molecule has 0 spiro atoms. The third-order valence-corrected chi connectivity index (χ3v) is 1.93. The molecule has 0 saturated carbocycles. The lowest BCUT2D eigenvalue weighted by atomic mass is 10.2. The maximum absolute atomic E-state index is 13.2. The number of aromatic nitrogens is 2. The molecule has 2 rings (SSSR count). The highest BCUT2D eigenvalue weighted by Gasteiger charge is 2.03. The van der Waals surface area contributed by atoms with Gasteiger partial charge in [-0.3, -0.25) is 0 Å². The largest absolute Gasteiger partial charge is 0.333 e. The van der Waals surface area contributed by atoms with E-state index in [9.17, 15) is 8.78 Å². The van der Waals surface area contributed by atoms with Crippen LogP contribution in [-0.2, 0) is 6.54 Å². The van der Waals surface area contributed by atoms with E-state index in [-0.39, 0.29) is 0 Å². The zero-order valence-corrected chi connectivity index (χ0v) is 7.32. The van der Waals surface area contributed by atoms with Gasteiger partial charge in [0.15, 0.2) is 0 Å². The van der Waals surface area contributed by atoms with Crippen molar-refractivity contribution in [3.8, 4) is 0 Å². The predicted octanol–water partition coefficient (Wildman–Crippen LogP) is 2.21. The third kappa shape index (κ3) is 1.79. The van der Waals surface area contributed by atoms with E-state index in [1.54, 1.807) is 23.3 Å². The highest BCUT2D eigenvalue weighted by molar-refractivity contribution is 5.18. The van der Waals surface area contributed by atoms with Crippen LogP contribution in [0, 0.1) is 11.6 Å². The van der Waals surface area contributed by atoms with E-state index in [1.165, 1.54) is 12.1 Å². The van der Waals surface area contributed by atoms with Crippen LogP contribution in [0.5, 0.6) is 0 Å². The second-order valence-corrected chi connectivity index (χ2v) is 2.97. The van der Waals surface area contributed by atoms with Gasteiger partial charge in [0.05, 0.1) is 12.9 Å². The summed E-state index contributed by atoms with van der Waals surface area (Å²) in [5.41, 5.74) is 0.449. The molecule has 0 amide bonds. The molecule has 2 nitrogen and oxygen atoms in total. The van der Waals surface area contributed by atoms with E-state index in [1.807, 2.05) is 0 Å². The number of imidazole rings is 1. The van der Waals surface area contributed by atoms with Gasteiger partial charge in [-0.25, -0.2) is 13.8 Å².